The second kappa shape index (κ2) is 79.2. The van der Waals surface area contributed by atoms with Crippen molar-refractivity contribution in [1.82, 2.24) is 0 Å². The highest BCUT2D eigenvalue weighted by Crippen LogP contribution is 2.45. The monoisotopic (exact) mass is 1510 g/mol. The highest BCUT2D eigenvalue weighted by atomic mass is 31.2. The summed E-state index contributed by atoms with van der Waals surface area (Å²) in [6.45, 7) is 2.42. The average molecular weight is 1510 g/mol. The van der Waals surface area contributed by atoms with E-state index in [-0.39, 0.29) is 19.3 Å². The molecule has 0 rings (SSSR count). The van der Waals surface area contributed by atoms with Gasteiger partial charge in [0.15, 0.2) is 6.10 Å². The summed E-state index contributed by atoms with van der Waals surface area (Å²) in [5, 5.41) is 20.6. The number of phosphoric ester groups is 2. The van der Waals surface area contributed by atoms with Crippen LogP contribution in [0.15, 0.2) is 134 Å². The predicted molar refractivity (Wildman–Crippen MR) is 436 cm³/mol. The Morgan fingerprint density at radius 3 is 0.810 bits per heavy atom. The molecule has 0 saturated carbocycles. The Morgan fingerprint density at radius 1 is 0.276 bits per heavy atom. The number of aliphatic hydroxyl groups excluding tert-OH is 2. The first-order valence-corrected chi connectivity index (χ1v) is 44.5. The molecule has 16 nitrogen and oxygen atoms in total. The van der Waals surface area contributed by atoms with Crippen LogP contribution in [0.5, 0.6) is 0 Å². The fourth-order valence-corrected chi connectivity index (χ4v) is 12.7. The lowest BCUT2D eigenvalue weighted by Gasteiger charge is -2.21. The first-order valence-electron chi connectivity index (χ1n) is 41.5. The number of ether oxygens (including phenoxy) is 3. The van der Waals surface area contributed by atoms with Crippen molar-refractivity contribution in [2.24, 2.45) is 0 Å². The molecule has 4 N–H and O–H groups in total. The topological polar surface area (TPSA) is 231 Å². The van der Waals surface area contributed by atoms with E-state index >= 15 is 0 Å². The first kappa shape index (κ1) is 101. The number of aliphatic hydroxyl groups is 2. The van der Waals surface area contributed by atoms with E-state index in [0.29, 0.717) is 19.3 Å². The van der Waals surface area contributed by atoms with Crippen molar-refractivity contribution >= 4 is 33.6 Å². The molecular weight excluding hydrogens is 1360 g/mol. The number of unbranched alkanes of at least 4 members (excludes halogenated alkanes) is 33. The van der Waals surface area contributed by atoms with Crippen molar-refractivity contribution in [3.63, 3.8) is 0 Å². The van der Waals surface area contributed by atoms with Crippen LogP contribution in [0.3, 0.4) is 0 Å². The van der Waals surface area contributed by atoms with Crippen molar-refractivity contribution in [2.75, 3.05) is 39.6 Å². The average Bonchev–Trinajstić information content (AvgIpc) is 0.918. The van der Waals surface area contributed by atoms with Gasteiger partial charge < -0.3 is 34.2 Å². The molecular formula is C87H150O16P2. The van der Waals surface area contributed by atoms with Crippen molar-refractivity contribution in [1.29, 1.82) is 0 Å². The van der Waals surface area contributed by atoms with Crippen LogP contribution in [0.4, 0.5) is 0 Å². The second-order valence-electron chi connectivity index (χ2n) is 27.5. The summed E-state index contributed by atoms with van der Waals surface area (Å²) in [7, 11) is -9.79. The number of phosphoric acid groups is 2. The van der Waals surface area contributed by atoms with E-state index in [1.54, 1.807) is 0 Å². The molecule has 0 radical (unpaired) electrons. The maximum Gasteiger partial charge on any atom is 0.472 e. The molecule has 0 aliphatic carbocycles. The van der Waals surface area contributed by atoms with Crippen LogP contribution in [0.25, 0.3) is 0 Å². The standard InChI is InChI=1S/C87H150O16P2/c1-4-7-10-13-16-19-22-24-26-28-30-32-34-36-38-39-40-41-43-45-46-48-50-52-54-56-59-61-64-67-70-73-85(90)97-76-82(88)77-99-104(93,94)100-78-83(89)79-101-105(95,96)102-81-84(103-87(92)75-72-69-66-63-58-21-18-15-12-9-6-3)80-98-86(91)74-71-68-65-62-60-57-55-53-51-49-47-44-42-37-35-33-31-29-27-25-23-20-17-14-11-8-5-2/h7-8,10-11,15-20,24-27,30-33,36-38,42,82-84,88-89H,4-6,9,12-14,21-23,28-29,34-35,39-41,43-81H2,1-3H3,(H,93,94)(H,95,96)/b10-7-,11-8-,18-15-,19-16-,20-17-,26-24-,27-25-,32-30-,33-31-,38-36-,42-37-. The third-order valence-corrected chi connectivity index (χ3v) is 19.2. The fourth-order valence-electron chi connectivity index (χ4n) is 11.1. The molecule has 0 aromatic heterocycles. The molecule has 5 atom stereocenters. The third kappa shape index (κ3) is 80.5. The molecule has 0 spiro atoms. The number of carbonyl (C=O) groups is 3. The quantitative estimate of drug-likeness (QED) is 0.0146. The van der Waals surface area contributed by atoms with Crippen LogP contribution < -0.4 is 0 Å². The first-order chi connectivity index (χ1) is 51.2. The van der Waals surface area contributed by atoms with Gasteiger partial charge in [-0.3, -0.25) is 32.5 Å². The van der Waals surface area contributed by atoms with E-state index in [1.165, 1.54) is 128 Å². The molecule has 0 aromatic rings. The molecule has 0 fully saturated rings. The molecule has 0 bridgehead atoms. The number of rotatable bonds is 78. The van der Waals surface area contributed by atoms with Crippen molar-refractivity contribution in [3.8, 4) is 0 Å². The Morgan fingerprint density at radius 2 is 0.505 bits per heavy atom. The van der Waals surface area contributed by atoms with Gasteiger partial charge in [0.25, 0.3) is 0 Å². The lowest BCUT2D eigenvalue weighted by molar-refractivity contribution is -0.161. The van der Waals surface area contributed by atoms with Crippen LogP contribution in [-0.4, -0.2) is 95.9 Å². The molecule has 5 unspecified atom stereocenters. The summed E-state index contributed by atoms with van der Waals surface area (Å²) in [5.41, 5.74) is 0. The molecule has 604 valence electrons. The molecule has 0 aromatic carbocycles. The lowest BCUT2D eigenvalue weighted by atomic mass is 10.0. The SMILES string of the molecule is CC/C=C\C/C=C\C/C=C\C/C=C\C/C=C\CCCCCCCCCCCCCCCCCC(=O)OCC(O)COP(=O)(O)OCC(O)COP(=O)(O)OCC(COC(=O)CCCCCCCCCCCCC/C=C\C/C=C\C/C=C\C/C=C\C/C=C\CC)OC(=O)CCCCCCC/C=C\CCCC. The molecule has 0 aliphatic heterocycles. The molecule has 105 heavy (non-hydrogen) atoms. The van der Waals surface area contributed by atoms with Gasteiger partial charge in [-0.1, -0.05) is 328 Å². The zero-order valence-electron chi connectivity index (χ0n) is 66.1. The zero-order chi connectivity index (χ0) is 76.6. The Labute approximate surface area is 639 Å². The highest BCUT2D eigenvalue weighted by Gasteiger charge is 2.29. The van der Waals surface area contributed by atoms with Crippen LogP contribution in [0.2, 0.25) is 0 Å². The maximum absolute atomic E-state index is 12.9. The van der Waals surface area contributed by atoms with Crippen molar-refractivity contribution in [3.05, 3.63) is 134 Å². The van der Waals surface area contributed by atoms with Crippen LogP contribution >= 0.6 is 15.6 Å². The van der Waals surface area contributed by atoms with E-state index in [4.69, 9.17) is 32.3 Å². The minimum Gasteiger partial charge on any atom is -0.463 e. The Hall–Kier alpha value is -4.31. The van der Waals surface area contributed by atoms with Crippen LogP contribution in [0, 0.1) is 0 Å². The number of esters is 3. The fraction of sp³-hybridized carbons (Fsp3) is 0.713. The molecule has 0 aliphatic rings. The Bertz CT molecular complexity index is 2440. The van der Waals surface area contributed by atoms with E-state index in [2.05, 4.69) is 154 Å². The molecule has 0 saturated heterocycles. The summed E-state index contributed by atoms with van der Waals surface area (Å²) in [6, 6.07) is 0. The van der Waals surface area contributed by atoms with Crippen LogP contribution in [0.1, 0.15) is 342 Å². The van der Waals surface area contributed by atoms with Gasteiger partial charge in [-0.05, 0) is 128 Å². The molecule has 0 heterocycles. The van der Waals surface area contributed by atoms with E-state index in [9.17, 15) is 43.5 Å². The van der Waals surface area contributed by atoms with Gasteiger partial charge in [-0.25, -0.2) is 9.13 Å². The Balaban J connectivity index is 4.40. The normalized spacial score (nSPS) is 14.6. The summed E-state index contributed by atoms with van der Waals surface area (Å²) in [6.07, 6.45) is 96.7. The summed E-state index contributed by atoms with van der Waals surface area (Å²) in [4.78, 5) is 58.6. The van der Waals surface area contributed by atoms with Gasteiger partial charge in [0.1, 0.15) is 25.4 Å². The number of hydrogen-bond acceptors (Lipinski definition) is 14. The zero-order valence-corrected chi connectivity index (χ0v) is 67.9. The minimum absolute atomic E-state index is 0.0924. The van der Waals surface area contributed by atoms with E-state index in [0.717, 1.165) is 154 Å². The molecule has 0 amide bonds. The second-order valence-corrected chi connectivity index (χ2v) is 30.4. The summed E-state index contributed by atoms with van der Waals surface area (Å²) >= 11 is 0. The largest absolute Gasteiger partial charge is 0.472 e. The van der Waals surface area contributed by atoms with Crippen molar-refractivity contribution < 1.29 is 75.8 Å². The summed E-state index contributed by atoms with van der Waals surface area (Å²) in [5.74, 6) is -1.58. The van der Waals surface area contributed by atoms with Gasteiger partial charge in [-0.2, -0.15) is 0 Å². The van der Waals surface area contributed by atoms with E-state index in [1.807, 2.05) is 0 Å². The maximum atomic E-state index is 12.9. The summed E-state index contributed by atoms with van der Waals surface area (Å²) < 4.78 is 61.1. The number of allylic oxidation sites excluding steroid dienone is 22. The highest BCUT2D eigenvalue weighted by molar-refractivity contribution is 7.47. The smallest absolute Gasteiger partial charge is 0.463 e. The van der Waals surface area contributed by atoms with Crippen LogP contribution in [-0.2, 0) is 55.8 Å². The molecule has 18 heteroatoms. The Kier molecular flexibility index (Phi) is 76.0. The van der Waals surface area contributed by atoms with Gasteiger partial charge in [-0.15, -0.1) is 0 Å². The minimum atomic E-state index is -4.93. The number of hydrogen-bond donors (Lipinski definition) is 4. The number of carbonyl (C=O) groups excluding carboxylic acids is 3. The van der Waals surface area contributed by atoms with Gasteiger partial charge in [0.05, 0.1) is 26.4 Å². The van der Waals surface area contributed by atoms with E-state index < -0.39 is 91.5 Å². The predicted octanol–water partition coefficient (Wildman–Crippen LogP) is 24.7. The van der Waals surface area contributed by atoms with Crippen molar-refractivity contribution in [2.45, 2.75) is 360 Å². The van der Waals surface area contributed by atoms with Gasteiger partial charge >= 0.3 is 33.6 Å². The lowest BCUT2D eigenvalue weighted by Crippen LogP contribution is -2.30. The third-order valence-electron chi connectivity index (χ3n) is 17.3. The van der Waals surface area contributed by atoms with Gasteiger partial charge in [0, 0.05) is 19.3 Å². The van der Waals surface area contributed by atoms with Gasteiger partial charge in [0.2, 0.25) is 0 Å².